The van der Waals surface area contributed by atoms with Crippen LogP contribution in [0.25, 0.3) is 5.65 Å². The van der Waals surface area contributed by atoms with Gasteiger partial charge in [-0.25, -0.2) is 4.98 Å². The Bertz CT molecular complexity index is 745. The largest absolute Gasteiger partial charge is 0.384 e. The first-order valence-electron chi connectivity index (χ1n) is 5.61. The van der Waals surface area contributed by atoms with Crippen molar-refractivity contribution in [3.8, 4) is 0 Å². The maximum Gasteiger partial charge on any atom is 0.187 e. The van der Waals surface area contributed by atoms with Crippen LogP contribution in [0, 0.1) is 0 Å². The molecular weight excluding hydrogens is 242 g/mol. The number of fused-ring (bicyclic) bond motifs is 1. The van der Waals surface area contributed by atoms with Crippen molar-refractivity contribution in [2.45, 2.75) is 0 Å². The van der Waals surface area contributed by atoms with Crippen molar-refractivity contribution in [3.05, 3.63) is 42.6 Å². The number of anilines is 2. The van der Waals surface area contributed by atoms with Crippen LogP contribution in [0.1, 0.15) is 0 Å². The maximum absolute atomic E-state index is 5.81. The standard InChI is InChI=1S/C12H11N7/c13-9-6-7-15-12-10(11(14)18-19(9)12)17-16-8-4-2-1-3-5-8/h1-7H,13H2,(H2,14,18). The first-order valence-corrected chi connectivity index (χ1v) is 5.61. The van der Waals surface area contributed by atoms with Crippen LogP contribution in [0.4, 0.5) is 23.0 Å². The van der Waals surface area contributed by atoms with E-state index in [0.29, 0.717) is 17.2 Å². The van der Waals surface area contributed by atoms with Gasteiger partial charge in [-0.3, -0.25) is 0 Å². The smallest absolute Gasteiger partial charge is 0.187 e. The zero-order valence-electron chi connectivity index (χ0n) is 9.93. The van der Waals surface area contributed by atoms with Crippen molar-refractivity contribution in [2.75, 3.05) is 11.5 Å². The molecular formula is C12H11N7. The Kier molecular flexibility index (Phi) is 2.57. The lowest BCUT2D eigenvalue weighted by Crippen LogP contribution is -1.99. The SMILES string of the molecule is Nc1nn2c(N)ccnc2c1N=Nc1ccccc1. The lowest BCUT2D eigenvalue weighted by atomic mass is 10.3. The summed E-state index contributed by atoms with van der Waals surface area (Å²) in [6, 6.07) is 11.0. The number of aromatic nitrogens is 3. The van der Waals surface area contributed by atoms with Crippen molar-refractivity contribution in [3.63, 3.8) is 0 Å². The summed E-state index contributed by atoms with van der Waals surface area (Å²) in [7, 11) is 0. The predicted octanol–water partition coefficient (Wildman–Crippen LogP) is 2.31. The van der Waals surface area contributed by atoms with E-state index in [-0.39, 0.29) is 5.82 Å². The van der Waals surface area contributed by atoms with Gasteiger partial charge in [0.25, 0.3) is 0 Å². The molecule has 0 atom stereocenters. The lowest BCUT2D eigenvalue weighted by molar-refractivity contribution is 0.958. The normalized spacial score (nSPS) is 11.4. The van der Waals surface area contributed by atoms with Crippen molar-refractivity contribution in [2.24, 2.45) is 10.2 Å². The van der Waals surface area contributed by atoms with Gasteiger partial charge in [0, 0.05) is 6.20 Å². The molecule has 94 valence electrons. The second kappa shape index (κ2) is 4.37. The molecule has 0 unspecified atom stereocenters. The fraction of sp³-hybridized carbons (Fsp3) is 0. The Hall–Kier alpha value is -2.96. The lowest BCUT2D eigenvalue weighted by Gasteiger charge is -1.95. The van der Waals surface area contributed by atoms with Crippen LogP contribution in [-0.4, -0.2) is 14.6 Å². The zero-order valence-corrected chi connectivity index (χ0v) is 9.93. The second-order valence-electron chi connectivity index (χ2n) is 3.87. The van der Waals surface area contributed by atoms with Crippen LogP contribution in [0.2, 0.25) is 0 Å². The average molecular weight is 253 g/mol. The van der Waals surface area contributed by atoms with Gasteiger partial charge < -0.3 is 11.5 Å². The molecule has 0 radical (unpaired) electrons. The monoisotopic (exact) mass is 253 g/mol. The number of benzene rings is 1. The Labute approximate surface area is 108 Å². The van der Waals surface area contributed by atoms with Crippen LogP contribution in [-0.2, 0) is 0 Å². The zero-order chi connectivity index (χ0) is 13.2. The van der Waals surface area contributed by atoms with Crippen LogP contribution in [0.5, 0.6) is 0 Å². The second-order valence-corrected chi connectivity index (χ2v) is 3.87. The number of nitrogen functional groups attached to an aromatic ring is 2. The number of nitrogens with zero attached hydrogens (tertiary/aromatic N) is 5. The number of rotatable bonds is 2. The number of hydrogen-bond donors (Lipinski definition) is 2. The highest BCUT2D eigenvalue weighted by molar-refractivity contribution is 5.76. The van der Waals surface area contributed by atoms with Crippen LogP contribution >= 0.6 is 0 Å². The molecule has 0 saturated carbocycles. The minimum Gasteiger partial charge on any atom is -0.384 e. The summed E-state index contributed by atoms with van der Waals surface area (Å²) >= 11 is 0. The summed E-state index contributed by atoms with van der Waals surface area (Å²) in [5.41, 5.74) is 13.2. The fourth-order valence-electron chi connectivity index (χ4n) is 1.67. The molecule has 0 aliphatic heterocycles. The Balaban J connectivity index is 2.09. The van der Waals surface area contributed by atoms with E-state index in [2.05, 4.69) is 20.3 Å². The Morgan fingerprint density at radius 2 is 1.79 bits per heavy atom. The highest BCUT2D eigenvalue weighted by Gasteiger charge is 2.12. The van der Waals surface area contributed by atoms with E-state index in [1.807, 2.05) is 30.3 Å². The van der Waals surface area contributed by atoms with Crippen molar-refractivity contribution >= 4 is 28.7 Å². The highest BCUT2D eigenvalue weighted by Crippen LogP contribution is 2.28. The molecule has 2 aromatic heterocycles. The van der Waals surface area contributed by atoms with E-state index in [0.717, 1.165) is 5.69 Å². The first kappa shape index (κ1) is 11.1. The first-order chi connectivity index (χ1) is 9.25. The molecule has 0 fully saturated rings. The molecule has 0 aliphatic carbocycles. The van der Waals surface area contributed by atoms with E-state index < -0.39 is 0 Å². The number of azo groups is 1. The van der Waals surface area contributed by atoms with Gasteiger partial charge in [0.2, 0.25) is 0 Å². The summed E-state index contributed by atoms with van der Waals surface area (Å²) in [6.07, 6.45) is 1.58. The number of nitrogens with two attached hydrogens (primary N) is 2. The molecule has 0 saturated heterocycles. The third-order valence-electron chi connectivity index (χ3n) is 2.57. The molecule has 3 aromatic rings. The van der Waals surface area contributed by atoms with E-state index >= 15 is 0 Å². The van der Waals surface area contributed by atoms with Gasteiger partial charge in [-0.15, -0.1) is 10.2 Å². The van der Waals surface area contributed by atoms with Gasteiger partial charge in [0.05, 0.1) is 5.69 Å². The maximum atomic E-state index is 5.81. The van der Waals surface area contributed by atoms with E-state index in [1.165, 1.54) is 4.52 Å². The third kappa shape index (κ3) is 1.97. The summed E-state index contributed by atoms with van der Waals surface area (Å²) < 4.78 is 1.44. The summed E-state index contributed by atoms with van der Waals surface area (Å²) in [5, 5.41) is 12.3. The molecule has 0 spiro atoms. The minimum atomic E-state index is 0.241. The van der Waals surface area contributed by atoms with Gasteiger partial charge >= 0.3 is 0 Å². The van der Waals surface area contributed by atoms with Gasteiger partial charge in [0.1, 0.15) is 5.82 Å². The molecule has 3 rings (SSSR count). The molecule has 19 heavy (non-hydrogen) atoms. The third-order valence-corrected chi connectivity index (χ3v) is 2.57. The molecule has 0 amide bonds. The fourth-order valence-corrected chi connectivity index (χ4v) is 1.67. The Morgan fingerprint density at radius 1 is 1.00 bits per heavy atom. The molecule has 7 heteroatoms. The van der Waals surface area contributed by atoms with Crippen LogP contribution in [0.3, 0.4) is 0 Å². The summed E-state index contributed by atoms with van der Waals surface area (Å²) in [6.45, 7) is 0. The topological polar surface area (TPSA) is 107 Å². The predicted molar refractivity (Wildman–Crippen MR) is 72.4 cm³/mol. The van der Waals surface area contributed by atoms with E-state index in [1.54, 1.807) is 12.3 Å². The molecule has 0 bridgehead atoms. The number of hydrogen-bond acceptors (Lipinski definition) is 6. The average Bonchev–Trinajstić information content (AvgIpc) is 2.75. The summed E-state index contributed by atoms with van der Waals surface area (Å²) in [5.74, 6) is 0.683. The Morgan fingerprint density at radius 3 is 2.58 bits per heavy atom. The molecule has 0 aliphatic rings. The highest BCUT2D eigenvalue weighted by atomic mass is 15.3. The molecule has 7 nitrogen and oxygen atoms in total. The van der Waals surface area contributed by atoms with Gasteiger partial charge in [0.15, 0.2) is 17.2 Å². The van der Waals surface area contributed by atoms with Crippen molar-refractivity contribution in [1.29, 1.82) is 0 Å². The summed E-state index contributed by atoms with van der Waals surface area (Å²) in [4.78, 5) is 4.16. The van der Waals surface area contributed by atoms with E-state index in [4.69, 9.17) is 11.5 Å². The molecule has 4 N–H and O–H groups in total. The van der Waals surface area contributed by atoms with Crippen molar-refractivity contribution in [1.82, 2.24) is 14.6 Å². The quantitative estimate of drug-likeness (QED) is 0.683. The van der Waals surface area contributed by atoms with E-state index in [9.17, 15) is 0 Å². The van der Waals surface area contributed by atoms with Crippen LogP contribution < -0.4 is 11.5 Å². The molecule has 1 aromatic carbocycles. The van der Waals surface area contributed by atoms with Gasteiger partial charge in [-0.05, 0) is 18.2 Å². The van der Waals surface area contributed by atoms with Crippen LogP contribution in [0.15, 0.2) is 52.8 Å². The minimum absolute atomic E-state index is 0.241. The van der Waals surface area contributed by atoms with Gasteiger partial charge in [-0.1, -0.05) is 18.2 Å². The van der Waals surface area contributed by atoms with Crippen molar-refractivity contribution < 1.29 is 0 Å². The molecule has 2 heterocycles. The van der Waals surface area contributed by atoms with Gasteiger partial charge in [-0.2, -0.15) is 9.63 Å².